The fourth-order valence-corrected chi connectivity index (χ4v) is 3.54. The van der Waals surface area contributed by atoms with Crippen LogP contribution in [0.2, 0.25) is 5.02 Å². The van der Waals surface area contributed by atoms with Gasteiger partial charge in [-0.25, -0.2) is 0 Å². The Morgan fingerprint density at radius 1 is 1.20 bits per heavy atom. The molecule has 0 bridgehead atoms. The van der Waals surface area contributed by atoms with Crippen LogP contribution in [0.25, 0.3) is 0 Å². The molecule has 0 amide bonds. The van der Waals surface area contributed by atoms with Crippen molar-refractivity contribution in [2.45, 2.75) is 19.3 Å². The number of nitrogens with zero attached hydrogens (tertiary/aromatic N) is 2. The van der Waals surface area contributed by atoms with E-state index < -0.39 is 0 Å². The number of nitrogens with one attached hydrogen (secondary N) is 1. The number of piperidine rings is 1. The quantitative estimate of drug-likeness (QED) is 0.904. The van der Waals surface area contributed by atoms with Crippen molar-refractivity contribution in [2.75, 3.05) is 49.6 Å². The topological polar surface area (TPSA) is 18.5 Å². The summed E-state index contributed by atoms with van der Waals surface area (Å²) in [6.07, 6.45) is 3.80. The molecular formula is C16H24ClN3. The van der Waals surface area contributed by atoms with Gasteiger partial charge >= 0.3 is 0 Å². The SMILES string of the molecule is CN1CCCN(CC2CCNCC2)c2cc(Cl)ccc21. The third kappa shape index (κ3) is 3.04. The number of anilines is 2. The van der Waals surface area contributed by atoms with E-state index >= 15 is 0 Å². The first-order valence-corrected chi connectivity index (χ1v) is 8.08. The Bertz CT molecular complexity index is 457. The van der Waals surface area contributed by atoms with Crippen LogP contribution in [0.1, 0.15) is 19.3 Å². The molecule has 4 heteroatoms. The maximum absolute atomic E-state index is 6.23. The van der Waals surface area contributed by atoms with Crippen LogP contribution in [0, 0.1) is 5.92 Å². The van der Waals surface area contributed by atoms with Crippen molar-refractivity contribution in [2.24, 2.45) is 5.92 Å². The minimum absolute atomic E-state index is 0.812. The molecule has 1 fully saturated rings. The average molecular weight is 294 g/mol. The van der Waals surface area contributed by atoms with Crippen molar-refractivity contribution in [3.05, 3.63) is 23.2 Å². The summed E-state index contributed by atoms with van der Waals surface area (Å²) >= 11 is 6.23. The number of benzene rings is 1. The molecule has 0 spiro atoms. The Kier molecular flexibility index (Phi) is 4.37. The summed E-state index contributed by atoms with van der Waals surface area (Å²) in [6.45, 7) is 5.77. The molecule has 1 aromatic rings. The van der Waals surface area contributed by atoms with Crippen LogP contribution in [-0.2, 0) is 0 Å². The third-order valence-corrected chi connectivity index (χ3v) is 4.78. The van der Waals surface area contributed by atoms with Crippen LogP contribution in [0.4, 0.5) is 11.4 Å². The summed E-state index contributed by atoms with van der Waals surface area (Å²) < 4.78 is 0. The number of hydrogen-bond acceptors (Lipinski definition) is 3. The number of rotatable bonds is 2. The maximum Gasteiger partial charge on any atom is 0.0619 e. The monoisotopic (exact) mass is 293 g/mol. The lowest BCUT2D eigenvalue weighted by atomic mass is 9.97. The van der Waals surface area contributed by atoms with E-state index in [1.807, 2.05) is 6.07 Å². The molecule has 2 heterocycles. The van der Waals surface area contributed by atoms with Crippen LogP contribution in [-0.4, -0.2) is 39.8 Å². The second kappa shape index (κ2) is 6.23. The van der Waals surface area contributed by atoms with Gasteiger partial charge in [-0.15, -0.1) is 0 Å². The first kappa shape index (κ1) is 14.0. The largest absolute Gasteiger partial charge is 0.373 e. The normalized spacial score (nSPS) is 20.7. The Morgan fingerprint density at radius 2 is 2.00 bits per heavy atom. The predicted molar refractivity (Wildman–Crippen MR) is 87.1 cm³/mol. The molecule has 1 saturated heterocycles. The summed E-state index contributed by atoms with van der Waals surface area (Å²) in [6, 6.07) is 6.31. The Balaban J connectivity index is 1.83. The van der Waals surface area contributed by atoms with Gasteiger partial charge in [0, 0.05) is 31.7 Å². The van der Waals surface area contributed by atoms with Crippen LogP contribution in [0.5, 0.6) is 0 Å². The van der Waals surface area contributed by atoms with Crippen molar-refractivity contribution >= 4 is 23.0 Å². The first-order valence-electron chi connectivity index (χ1n) is 7.70. The van der Waals surface area contributed by atoms with Gasteiger partial charge in [-0.3, -0.25) is 0 Å². The Morgan fingerprint density at radius 3 is 2.80 bits per heavy atom. The zero-order valence-electron chi connectivity index (χ0n) is 12.2. The van der Waals surface area contributed by atoms with Crippen LogP contribution >= 0.6 is 11.6 Å². The van der Waals surface area contributed by atoms with Crippen LogP contribution in [0.15, 0.2) is 18.2 Å². The highest BCUT2D eigenvalue weighted by Crippen LogP contribution is 2.35. The molecule has 0 aliphatic carbocycles. The van der Waals surface area contributed by atoms with Crippen molar-refractivity contribution in [1.29, 1.82) is 0 Å². The van der Waals surface area contributed by atoms with Crippen LogP contribution in [0.3, 0.4) is 0 Å². The molecule has 2 aliphatic heterocycles. The molecule has 1 aromatic carbocycles. The highest BCUT2D eigenvalue weighted by molar-refractivity contribution is 6.31. The standard InChI is InChI=1S/C16H24ClN3/c1-19-9-2-10-20(12-13-5-7-18-8-6-13)16-11-14(17)3-4-15(16)19/h3-4,11,13,18H,2,5-10,12H2,1H3. The zero-order valence-corrected chi connectivity index (χ0v) is 13.0. The minimum atomic E-state index is 0.812. The van der Waals surface area contributed by atoms with Crippen molar-refractivity contribution in [3.8, 4) is 0 Å². The van der Waals surface area contributed by atoms with E-state index in [0.717, 1.165) is 24.0 Å². The predicted octanol–water partition coefficient (Wildman–Crippen LogP) is 2.99. The second-order valence-corrected chi connectivity index (χ2v) is 6.48. The molecule has 110 valence electrons. The minimum Gasteiger partial charge on any atom is -0.373 e. The van der Waals surface area contributed by atoms with Gasteiger partial charge in [-0.1, -0.05) is 11.6 Å². The number of halogens is 1. The lowest BCUT2D eigenvalue weighted by Gasteiger charge is -2.32. The number of hydrogen-bond donors (Lipinski definition) is 1. The van der Waals surface area contributed by atoms with Gasteiger partial charge in [0.2, 0.25) is 0 Å². The van der Waals surface area contributed by atoms with E-state index in [-0.39, 0.29) is 0 Å². The Labute approximate surface area is 126 Å². The molecular weight excluding hydrogens is 270 g/mol. The molecule has 2 aliphatic rings. The van der Waals surface area contributed by atoms with Crippen LogP contribution < -0.4 is 15.1 Å². The summed E-state index contributed by atoms with van der Waals surface area (Å²) in [4.78, 5) is 4.91. The van der Waals surface area contributed by atoms with E-state index in [2.05, 4.69) is 34.3 Å². The summed E-state index contributed by atoms with van der Waals surface area (Å²) in [7, 11) is 2.18. The molecule has 3 rings (SSSR count). The zero-order chi connectivity index (χ0) is 13.9. The smallest absolute Gasteiger partial charge is 0.0619 e. The second-order valence-electron chi connectivity index (χ2n) is 6.05. The van der Waals surface area contributed by atoms with E-state index in [1.165, 1.54) is 50.3 Å². The molecule has 3 nitrogen and oxygen atoms in total. The first-order chi connectivity index (χ1) is 9.74. The third-order valence-electron chi connectivity index (χ3n) is 4.55. The number of fused-ring (bicyclic) bond motifs is 1. The fourth-order valence-electron chi connectivity index (χ4n) is 3.38. The Hall–Kier alpha value is -0.930. The van der Waals surface area contributed by atoms with Crippen molar-refractivity contribution < 1.29 is 0 Å². The van der Waals surface area contributed by atoms with Crippen molar-refractivity contribution in [1.82, 2.24) is 5.32 Å². The van der Waals surface area contributed by atoms with E-state index in [9.17, 15) is 0 Å². The van der Waals surface area contributed by atoms with E-state index in [4.69, 9.17) is 11.6 Å². The maximum atomic E-state index is 6.23. The van der Waals surface area contributed by atoms with Crippen molar-refractivity contribution in [3.63, 3.8) is 0 Å². The lowest BCUT2D eigenvalue weighted by Crippen LogP contribution is -2.36. The lowest BCUT2D eigenvalue weighted by molar-refractivity contribution is 0.373. The molecule has 0 saturated carbocycles. The fraction of sp³-hybridized carbons (Fsp3) is 0.625. The van der Waals surface area contributed by atoms with Gasteiger partial charge in [0.1, 0.15) is 0 Å². The summed E-state index contributed by atoms with van der Waals surface area (Å²) in [5.41, 5.74) is 2.64. The molecule has 0 radical (unpaired) electrons. The average Bonchev–Trinajstić information content (AvgIpc) is 2.60. The van der Waals surface area contributed by atoms with Gasteiger partial charge in [-0.05, 0) is 56.5 Å². The molecule has 20 heavy (non-hydrogen) atoms. The van der Waals surface area contributed by atoms with Gasteiger partial charge in [-0.2, -0.15) is 0 Å². The van der Waals surface area contributed by atoms with Gasteiger partial charge in [0.25, 0.3) is 0 Å². The molecule has 0 unspecified atom stereocenters. The molecule has 0 atom stereocenters. The van der Waals surface area contributed by atoms with Gasteiger partial charge in [0.05, 0.1) is 11.4 Å². The highest BCUT2D eigenvalue weighted by atomic mass is 35.5. The summed E-state index contributed by atoms with van der Waals surface area (Å²) in [5, 5.41) is 4.29. The molecule has 1 N–H and O–H groups in total. The van der Waals surface area contributed by atoms with E-state index in [0.29, 0.717) is 0 Å². The summed E-state index contributed by atoms with van der Waals surface area (Å²) in [5.74, 6) is 0.812. The van der Waals surface area contributed by atoms with E-state index in [1.54, 1.807) is 0 Å². The van der Waals surface area contributed by atoms with Gasteiger partial charge < -0.3 is 15.1 Å². The van der Waals surface area contributed by atoms with Gasteiger partial charge in [0.15, 0.2) is 0 Å². The molecule has 0 aromatic heterocycles. The highest BCUT2D eigenvalue weighted by Gasteiger charge is 2.22.